The maximum absolute atomic E-state index is 12.7. The third-order valence-electron chi connectivity index (χ3n) is 4.69. The molecule has 4 heterocycles. The molecule has 2 aliphatic heterocycles. The van der Waals surface area contributed by atoms with Gasteiger partial charge in [-0.1, -0.05) is 0 Å². The molecule has 0 bridgehead atoms. The summed E-state index contributed by atoms with van der Waals surface area (Å²) in [5, 5.41) is 4.30. The van der Waals surface area contributed by atoms with E-state index >= 15 is 0 Å². The molecule has 0 unspecified atom stereocenters. The Morgan fingerprint density at radius 2 is 1.89 bits per heavy atom. The van der Waals surface area contributed by atoms with E-state index in [1.807, 2.05) is 4.90 Å². The monoisotopic (exact) mass is 381 g/mol. The van der Waals surface area contributed by atoms with Gasteiger partial charge in [-0.25, -0.2) is 9.67 Å². The summed E-state index contributed by atoms with van der Waals surface area (Å²) in [6.07, 6.45) is -2.70. The number of rotatable bonds is 2. The lowest BCUT2D eigenvalue weighted by atomic mass is 10.2. The Balaban J connectivity index is 1.38. The number of piperazine rings is 1. The molecule has 144 valence electrons. The molecule has 1 saturated heterocycles. The fourth-order valence-electron chi connectivity index (χ4n) is 3.21. The lowest BCUT2D eigenvalue weighted by Gasteiger charge is -2.35. The molecule has 0 radical (unpaired) electrons. The van der Waals surface area contributed by atoms with Gasteiger partial charge in [0.2, 0.25) is 5.88 Å². The van der Waals surface area contributed by atoms with E-state index < -0.39 is 11.7 Å². The van der Waals surface area contributed by atoms with E-state index in [0.29, 0.717) is 50.2 Å². The van der Waals surface area contributed by atoms with Crippen molar-refractivity contribution in [2.45, 2.75) is 19.1 Å². The van der Waals surface area contributed by atoms with Crippen LogP contribution in [0.5, 0.6) is 5.88 Å². The van der Waals surface area contributed by atoms with E-state index in [1.165, 1.54) is 6.07 Å². The van der Waals surface area contributed by atoms with E-state index in [9.17, 15) is 18.0 Å². The van der Waals surface area contributed by atoms with E-state index in [-0.39, 0.29) is 5.91 Å². The molecule has 2 aromatic heterocycles. The second-order valence-electron chi connectivity index (χ2n) is 6.48. The van der Waals surface area contributed by atoms with Crippen LogP contribution < -0.4 is 9.64 Å². The smallest absolute Gasteiger partial charge is 0.417 e. The normalized spacial score (nSPS) is 17.4. The first-order valence-corrected chi connectivity index (χ1v) is 8.70. The van der Waals surface area contributed by atoms with Crippen LogP contribution in [0.4, 0.5) is 19.0 Å². The van der Waals surface area contributed by atoms with Gasteiger partial charge in [0.25, 0.3) is 5.91 Å². The number of fused-ring (bicyclic) bond motifs is 1. The molecule has 7 nitrogen and oxygen atoms in total. The van der Waals surface area contributed by atoms with Gasteiger partial charge in [0.1, 0.15) is 5.82 Å². The summed E-state index contributed by atoms with van der Waals surface area (Å²) < 4.78 is 45.1. The number of hydrogen-bond acceptors (Lipinski definition) is 5. The van der Waals surface area contributed by atoms with E-state index in [4.69, 9.17) is 4.74 Å². The summed E-state index contributed by atoms with van der Waals surface area (Å²) in [5.74, 6) is 0.915. The second kappa shape index (κ2) is 6.75. The number of anilines is 1. The first-order chi connectivity index (χ1) is 12.9. The number of ether oxygens (including phenoxy) is 1. The van der Waals surface area contributed by atoms with Gasteiger partial charge in [-0.2, -0.15) is 18.3 Å². The highest BCUT2D eigenvalue weighted by Crippen LogP contribution is 2.29. The zero-order chi connectivity index (χ0) is 19.0. The quantitative estimate of drug-likeness (QED) is 0.797. The predicted molar refractivity (Wildman–Crippen MR) is 89.7 cm³/mol. The Bertz CT molecular complexity index is 803. The number of amides is 1. The van der Waals surface area contributed by atoms with Crippen LogP contribution in [0, 0.1) is 0 Å². The third kappa shape index (κ3) is 3.56. The fourth-order valence-corrected chi connectivity index (χ4v) is 3.21. The number of pyridine rings is 1. The molecular weight excluding hydrogens is 363 g/mol. The number of halogens is 3. The van der Waals surface area contributed by atoms with Gasteiger partial charge in [-0.3, -0.25) is 4.79 Å². The zero-order valence-electron chi connectivity index (χ0n) is 14.4. The summed E-state index contributed by atoms with van der Waals surface area (Å²) in [6, 6.07) is 4.04. The number of alkyl halides is 3. The van der Waals surface area contributed by atoms with Crippen molar-refractivity contribution in [3.8, 4) is 5.88 Å². The lowest BCUT2D eigenvalue weighted by molar-refractivity contribution is -0.137. The van der Waals surface area contributed by atoms with Crippen LogP contribution in [0.1, 0.15) is 22.5 Å². The van der Waals surface area contributed by atoms with Crippen LogP contribution in [-0.4, -0.2) is 58.4 Å². The minimum absolute atomic E-state index is 0.166. The van der Waals surface area contributed by atoms with Crippen molar-refractivity contribution in [1.82, 2.24) is 19.7 Å². The van der Waals surface area contributed by atoms with Crippen molar-refractivity contribution < 1.29 is 22.7 Å². The van der Waals surface area contributed by atoms with Crippen LogP contribution in [-0.2, 0) is 12.7 Å². The number of nitrogens with zero attached hydrogens (tertiary/aromatic N) is 5. The SMILES string of the molecule is O=C(c1cc2n(n1)CCCO2)N1CCN(c2ccc(C(F)(F)F)cn2)CC1. The molecule has 0 N–H and O–H groups in total. The van der Waals surface area contributed by atoms with E-state index in [1.54, 1.807) is 15.6 Å². The first-order valence-electron chi connectivity index (χ1n) is 8.70. The molecule has 4 rings (SSSR count). The van der Waals surface area contributed by atoms with Crippen LogP contribution in [0.3, 0.4) is 0 Å². The largest absolute Gasteiger partial charge is 0.478 e. The molecule has 27 heavy (non-hydrogen) atoms. The van der Waals surface area contributed by atoms with E-state index in [2.05, 4.69) is 10.1 Å². The Hall–Kier alpha value is -2.78. The topological polar surface area (TPSA) is 63.5 Å². The highest BCUT2D eigenvalue weighted by atomic mass is 19.4. The van der Waals surface area contributed by atoms with Crippen molar-refractivity contribution in [1.29, 1.82) is 0 Å². The fraction of sp³-hybridized carbons (Fsp3) is 0.471. The zero-order valence-corrected chi connectivity index (χ0v) is 14.4. The van der Waals surface area contributed by atoms with Gasteiger partial charge in [0, 0.05) is 51.4 Å². The highest BCUT2D eigenvalue weighted by molar-refractivity contribution is 5.92. The summed E-state index contributed by atoms with van der Waals surface area (Å²) in [5.41, 5.74) is -0.418. The number of carbonyl (C=O) groups excluding carboxylic acids is 1. The van der Waals surface area contributed by atoms with E-state index in [0.717, 1.165) is 25.2 Å². The molecule has 0 spiro atoms. The molecule has 1 amide bonds. The van der Waals surface area contributed by atoms with Crippen LogP contribution in [0.15, 0.2) is 24.4 Å². The maximum Gasteiger partial charge on any atom is 0.417 e. The minimum atomic E-state index is -4.40. The minimum Gasteiger partial charge on any atom is -0.478 e. The molecule has 1 fully saturated rings. The van der Waals surface area contributed by atoms with Gasteiger partial charge in [-0.15, -0.1) is 0 Å². The summed E-state index contributed by atoms with van der Waals surface area (Å²) in [6.45, 7) is 3.24. The highest BCUT2D eigenvalue weighted by Gasteiger charge is 2.31. The van der Waals surface area contributed by atoms with Crippen molar-refractivity contribution in [2.75, 3.05) is 37.7 Å². The molecule has 2 aromatic rings. The average Bonchev–Trinajstić information content (AvgIpc) is 3.11. The molecule has 2 aliphatic rings. The molecule has 0 atom stereocenters. The van der Waals surface area contributed by atoms with Crippen molar-refractivity contribution in [2.24, 2.45) is 0 Å². The summed E-state index contributed by atoms with van der Waals surface area (Å²) in [7, 11) is 0. The maximum atomic E-state index is 12.7. The van der Waals surface area contributed by atoms with Crippen LogP contribution in [0.25, 0.3) is 0 Å². The Labute approximate surface area is 153 Å². The molecule has 0 saturated carbocycles. The number of aromatic nitrogens is 3. The van der Waals surface area contributed by atoms with Gasteiger partial charge < -0.3 is 14.5 Å². The van der Waals surface area contributed by atoms with Gasteiger partial charge in [-0.05, 0) is 12.1 Å². The lowest BCUT2D eigenvalue weighted by Crippen LogP contribution is -2.49. The van der Waals surface area contributed by atoms with Crippen molar-refractivity contribution >= 4 is 11.7 Å². The second-order valence-corrected chi connectivity index (χ2v) is 6.48. The molecule has 0 aliphatic carbocycles. The Kier molecular flexibility index (Phi) is 4.40. The third-order valence-corrected chi connectivity index (χ3v) is 4.69. The van der Waals surface area contributed by atoms with Crippen molar-refractivity contribution in [3.63, 3.8) is 0 Å². The average molecular weight is 381 g/mol. The number of carbonyl (C=O) groups is 1. The summed E-state index contributed by atoms with van der Waals surface area (Å²) in [4.78, 5) is 20.1. The van der Waals surface area contributed by atoms with Crippen LogP contribution in [0.2, 0.25) is 0 Å². The molecular formula is C17H18F3N5O2. The van der Waals surface area contributed by atoms with Gasteiger partial charge in [0.15, 0.2) is 5.69 Å². The van der Waals surface area contributed by atoms with Crippen molar-refractivity contribution in [3.05, 3.63) is 35.7 Å². The number of hydrogen-bond donors (Lipinski definition) is 0. The van der Waals surface area contributed by atoms with Crippen LogP contribution >= 0.6 is 0 Å². The standard InChI is InChI=1S/C17H18F3N5O2/c18-17(19,20)12-2-3-14(21-11-12)23-5-7-24(8-6-23)16(26)13-10-15-25(22-13)4-1-9-27-15/h2-3,10-11H,1,4-9H2. The Morgan fingerprint density at radius 3 is 2.52 bits per heavy atom. The predicted octanol–water partition coefficient (Wildman–Crippen LogP) is 2.04. The Morgan fingerprint density at radius 1 is 1.11 bits per heavy atom. The molecule has 0 aromatic carbocycles. The van der Waals surface area contributed by atoms with Gasteiger partial charge in [0.05, 0.1) is 12.2 Å². The molecule has 10 heteroatoms. The number of aryl methyl sites for hydroxylation is 1. The summed E-state index contributed by atoms with van der Waals surface area (Å²) >= 11 is 0. The first kappa shape index (κ1) is 17.6. The van der Waals surface area contributed by atoms with Gasteiger partial charge >= 0.3 is 6.18 Å².